The van der Waals surface area contributed by atoms with E-state index >= 15 is 0 Å². The summed E-state index contributed by atoms with van der Waals surface area (Å²) in [6.07, 6.45) is 8.22. The van der Waals surface area contributed by atoms with Crippen LogP contribution in [0.25, 0.3) is 0 Å². The fourth-order valence-corrected chi connectivity index (χ4v) is 3.14. The average Bonchev–Trinajstić information content (AvgIpc) is 3.12. The Morgan fingerprint density at radius 1 is 1.52 bits per heavy atom. The molecular formula is C16H27N5O2. The third kappa shape index (κ3) is 4.71. The molecule has 0 spiro atoms. The van der Waals surface area contributed by atoms with Crippen LogP contribution in [0.4, 0.5) is 4.79 Å². The van der Waals surface area contributed by atoms with E-state index in [0.29, 0.717) is 13.0 Å². The van der Waals surface area contributed by atoms with Crippen LogP contribution in [0.2, 0.25) is 0 Å². The maximum atomic E-state index is 12.8. The second-order valence-corrected chi connectivity index (χ2v) is 6.27. The van der Waals surface area contributed by atoms with Crippen molar-refractivity contribution in [2.24, 2.45) is 5.73 Å². The quantitative estimate of drug-likeness (QED) is 0.795. The molecule has 2 atom stereocenters. The van der Waals surface area contributed by atoms with Gasteiger partial charge in [-0.3, -0.25) is 9.48 Å². The summed E-state index contributed by atoms with van der Waals surface area (Å²) in [6.45, 7) is 5.48. The molecule has 128 valence electrons. The van der Waals surface area contributed by atoms with Crippen molar-refractivity contribution >= 4 is 11.9 Å². The molecule has 3 N–H and O–H groups in total. The van der Waals surface area contributed by atoms with Gasteiger partial charge in [-0.15, -0.1) is 0 Å². The van der Waals surface area contributed by atoms with Gasteiger partial charge in [0.05, 0.1) is 18.8 Å². The normalized spacial score (nSPS) is 18.9. The van der Waals surface area contributed by atoms with Crippen LogP contribution in [-0.2, 0) is 11.3 Å². The summed E-state index contributed by atoms with van der Waals surface area (Å²) < 4.78 is 1.88. The molecule has 1 aromatic rings. The molecule has 0 aromatic carbocycles. The summed E-state index contributed by atoms with van der Waals surface area (Å²) in [4.78, 5) is 25.9. The first-order chi connectivity index (χ1) is 11.0. The number of carbonyl (C=O) groups excluding carboxylic acids is 2. The van der Waals surface area contributed by atoms with Gasteiger partial charge in [0.2, 0.25) is 5.91 Å². The number of nitrogens with zero attached hydrogens (tertiary/aromatic N) is 3. The molecule has 1 aliphatic rings. The standard InChI is InChI=1S/C16H27N5O2/c1-3-4-7-14(19-16(17)23)15(22)21-8-5-6-13(21)11-20-10-12(2)9-18-20/h9-10,13-14H,3-8,11H2,1-2H3,(H3,17,19,23)/t13-,14+/m0/s1. The van der Waals surface area contributed by atoms with E-state index in [1.165, 1.54) is 0 Å². The molecule has 1 saturated heterocycles. The lowest BCUT2D eigenvalue weighted by molar-refractivity contribution is -0.134. The van der Waals surface area contributed by atoms with E-state index in [4.69, 9.17) is 5.73 Å². The van der Waals surface area contributed by atoms with Crippen LogP contribution >= 0.6 is 0 Å². The van der Waals surface area contributed by atoms with E-state index in [-0.39, 0.29) is 11.9 Å². The summed E-state index contributed by atoms with van der Waals surface area (Å²) in [5.74, 6) is -0.0244. The zero-order valence-corrected chi connectivity index (χ0v) is 14.0. The zero-order chi connectivity index (χ0) is 16.8. The van der Waals surface area contributed by atoms with Crippen LogP contribution in [0.3, 0.4) is 0 Å². The summed E-state index contributed by atoms with van der Waals surface area (Å²) in [6, 6.07) is -1.04. The number of likely N-dealkylation sites (tertiary alicyclic amines) is 1. The second kappa shape index (κ2) is 7.99. The minimum absolute atomic E-state index is 0.0244. The molecule has 7 nitrogen and oxygen atoms in total. The van der Waals surface area contributed by atoms with Crippen molar-refractivity contribution < 1.29 is 9.59 Å². The van der Waals surface area contributed by atoms with Gasteiger partial charge in [0.1, 0.15) is 6.04 Å². The molecule has 0 bridgehead atoms. The molecule has 2 heterocycles. The van der Waals surface area contributed by atoms with Crippen LogP contribution in [0, 0.1) is 6.92 Å². The SMILES string of the molecule is CCCC[C@@H](NC(N)=O)C(=O)N1CCC[C@H]1Cn1cc(C)cn1. The number of amides is 3. The Morgan fingerprint density at radius 2 is 2.30 bits per heavy atom. The zero-order valence-electron chi connectivity index (χ0n) is 14.0. The lowest BCUT2D eigenvalue weighted by atomic mass is 10.1. The highest BCUT2D eigenvalue weighted by molar-refractivity contribution is 5.86. The van der Waals surface area contributed by atoms with Gasteiger partial charge in [-0.25, -0.2) is 4.79 Å². The molecule has 2 rings (SSSR count). The van der Waals surface area contributed by atoms with Crippen LogP contribution < -0.4 is 11.1 Å². The van der Waals surface area contributed by atoms with Crippen LogP contribution in [-0.4, -0.2) is 45.2 Å². The van der Waals surface area contributed by atoms with Crippen molar-refractivity contribution in [2.45, 2.75) is 64.6 Å². The molecule has 0 saturated carbocycles. The summed E-state index contributed by atoms with van der Waals surface area (Å²) in [5, 5.41) is 6.91. The smallest absolute Gasteiger partial charge is 0.312 e. The number of primary amides is 1. The van der Waals surface area contributed by atoms with Gasteiger partial charge >= 0.3 is 6.03 Å². The Balaban J connectivity index is 2.03. The Labute approximate surface area is 137 Å². The number of nitrogens with one attached hydrogen (secondary N) is 1. The predicted molar refractivity (Wildman–Crippen MR) is 87.7 cm³/mol. The Hall–Kier alpha value is -2.05. The molecule has 1 aliphatic heterocycles. The molecule has 7 heteroatoms. The van der Waals surface area contributed by atoms with Gasteiger partial charge in [-0.2, -0.15) is 5.10 Å². The topological polar surface area (TPSA) is 93.2 Å². The summed E-state index contributed by atoms with van der Waals surface area (Å²) in [7, 11) is 0. The van der Waals surface area contributed by atoms with Crippen molar-refractivity contribution in [1.29, 1.82) is 0 Å². The molecule has 23 heavy (non-hydrogen) atoms. The lowest BCUT2D eigenvalue weighted by Crippen LogP contribution is -2.52. The fraction of sp³-hybridized carbons (Fsp3) is 0.688. The van der Waals surface area contributed by atoms with Crippen molar-refractivity contribution in [2.75, 3.05) is 6.54 Å². The minimum Gasteiger partial charge on any atom is -0.352 e. The number of urea groups is 1. The monoisotopic (exact) mass is 321 g/mol. The number of rotatable bonds is 7. The number of hydrogen-bond donors (Lipinski definition) is 2. The van der Waals surface area contributed by atoms with E-state index in [1.807, 2.05) is 28.9 Å². The van der Waals surface area contributed by atoms with E-state index in [2.05, 4.69) is 17.3 Å². The van der Waals surface area contributed by atoms with E-state index in [0.717, 1.165) is 37.8 Å². The third-order valence-electron chi connectivity index (χ3n) is 4.28. The third-order valence-corrected chi connectivity index (χ3v) is 4.28. The summed E-state index contributed by atoms with van der Waals surface area (Å²) in [5.41, 5.74) is 6.34. The van der Waals surface area contributed by atoms with Gasteiger partial charge in [0.25, 0.3) is 0 Å². The van der Waals surface area contributed by atoms with Crippen molar-refractivity contribution in [3.63, 3.8) is 0 Å². The number of unbranched alkanes of at least 4 members (excludes halogenated alkanes) is 1. The maximum Gasteiger partial charge on any atom is 0.312 e. The van der Waals surface area contributed by atoms with Gasteiger partial charge in [0.15, 0.2) is 0 Å². The molecule has 3 amide bonds. The van der Waals surface area contributed by atoms with E-state index in [9.17, 15) is 9.59 Å². The molecule has 0 unspecified atom stereocenters. The first kappa shape index (κ1) is 17.3. The highest BCUT2D eigenvalue weighted by Gasteiger charge is 2.33. The first-order valence-corrected chi connectivity index (χ1v) is 8.36. The van der Waals surface area contributed by atoms with E-state index in [1.54, 1.807) is 0 Å². The molecular weight excluding hydrogens is 294 g/mol. The van der Waals surface area contributed by atoms with Gasteiger partial charge in [-0.05, 0) is 31.7 Å². The molecule has 0 radical (unpaired) electrons. The average molecular weight is 321 g/mol. The van der Waals surface area contributed by atoms with Crippen molar-refractivity contribution in [3.8, 4) is 0 Å². The Bertz CT molecular complexity index is 542. The van der Waals surface area contributed by atoms with Gasteiger partial charge in [-0.1, -0.05) is 19.8 Å². The van der Waals surface area contributed by atoms with Crippen LogP contribution in [0.5, 0.6) is 0 Å². The van der Waals surface area contributed by atoms with Crippen molar-refractivity contribution in [1.82, 2.24) is 20.0 Å². The fourth-order valence-electron chi connectivity index (χ4n) is 3.14. The molecule has 1 fully saturated rings. The highest BCUT2D eigenvalue weighted by Crippen LogP contribution is 2.21. The van der Waals surface area contributed by atoms with Crippen molar-refractivity contribution in [3.05, 3.63) is 18.0 Å². The number of aromatic nitrogens is 2. The van der Waals surface area contributed by atoms with Gasteiger partial charge < -0.3 is 16.0 Å². The largest absolute Gasteiger partial charge is 0.352 e. The molecule has 1 aromatic heterocycles. The van der Waals surface area contributed by atoms with Crippen LogP contribution in [0.15, 0.2) is 12.4 Å². The molecule has 0 aliphatic carbocycles. The van der Waals surface area contributed by atoms with Gasteiger partial charge in [0, 0.05) is 12.7 Å². The number of carbonyl (C=O) groups is 2. The Kier molecular flexibility index (Phi) is 6.01. The lowest BCUT2D eigenvalue weighted by Gasteiger charge is -2.29. The predicted octanol–water partition coefficient (Wildman–Crippen LogP) is 1.41. The van der Waals surface area contributed by atoms with E-state index < -0.39 is 12.1 Å². The first-order valence-electron chi connectivity index (χ1n) is 8.36. The highest BCUT2D eigenvalue weighted by atomic mass is 16.2. The maximum absolute atomic E-state index is 12.8. The Morgan fingerprint density at radius 3 is 2.91 bits per heavy atom. The number of aryl methyl sites for hydroxylation is 1. The summed E-state index contributed by atoms with van der Waals surface area (Å²) >= 11 is 0. The second-order valence-electron chi connectivity index (χ2n) is 6.27. The number of nitrogens with two attached hydrogens (primary N) is 1. The number of hydrogen-bond acceptors (Lipinski definition) is 3. The minimum atomic E-state index is -0.641. The van der Waals surface area contributed by atoms with Crippen LogP contribution in [0.1, 0.15) is 44.6 Å².